The quantitative estimate of drug-likeness (QED) is 0.860. The van der Waals surface area contributed by atoms with Crippen molar-refractivity contribution >= 4 is 5.91 Å². The average molecular weight is 266 g/mol. The summed E-state index contributed by atoms with van der Waals surface area (Å²) in [6.07, 6.45) is 1.70. The van der Waals surface area contributed by atoms with Crippen LogP contribution in [0.15, 0.2) is 6.33 Å². The number of carbonyl (C=O) groups excluding carboxylic acids is 1. The van der Waals surface area contributed by atoms with Gasteiger partial charge in [0.2, 0.25) is 0 Å². The van der Waals surface area contributed by atoms with Gasteiger partial charge in [-0.3, -0.25) is 9.69 Å². The highest BCUT2D eigenvalue weighted by Gasteiger charge is 2.40. The number of morpholine rings is 1. The van der Waals surface area contributed by atoms with Gasteiger partial charge in [0.15, 0.2) is 5.60 Å². The second kappa shape index (κ2) is 5.30. The Bertz CT molecular complexity index is 457. The predicted molar refractivity (Wildman–Crippen MR) is 71.7 cm³/mol. The lowest BCUT2D eigenvalue weighted by Gasteiger charge is -2.40. The third kappa shape index (κ3) is 2.96. The molecule has 0 radical (unpaired) electrons. The van der Waals surface area contributed by atoms with Crippen molar-refractivity contribution < 1.29 is 9.53 Å². The van der Waals surface area contributed by atoms with Gasteiger partial charge in [-0.1, -0.05) is 0 Å². The molecule has 106 valence electrons. The van der Waals surface area contributed by atoms with Crippen LogP contribution >= 0.6 is 0 Å². The van der Waals surface area contributed by atoms with E-state index in [1.54, 1.807) is 25.3 Å². The first-order valence-corrected chi connectivity index (χ1v) is 6.49. The summed E-state index contributed by atoms with van der Waals surface area (Å²) in [5.41, 5.74) is 1.35. The third-order valence-corrected chi connectivity index (χ3v) is 3.52. The van der Waals surface area contributed by atoms with Crippen LogP contribution in [0.1, 0.15) is 18.3 Å². The number of likely N-dealkylation sites (N-methyl/N-ethyl adjacent to an activating group) is 1. The maximum atomic E-state index is 12.2. The Morgan fingerprint density at radius 2 is 2.37 bits per heavy atom. The lowest BCUT2D eigenvalue weighted by Crippen LogP contribution is -2.57. The van der Waals surface area contributed by atoms with E-state index in [1.165, 1.54) is 0 Å². The van der Waals surface area contributed by atoms with Crippen LogP contribution in [0.2, 0.25) is 0 Å². The van der Waals surface area contributed by atoms with E-state index in [2.05, 4.69) is 14.9 Å². The third-order valence-electron chi connectivity index (χ3n) is 3.52. The Morgan fingerprint density at radius 3 is 2.95 bits per heavy atom. The normalized spacial score (nSPS) is 24.4. The first-order valence-electron chi connectivity index (χ1n) is 6.49. The minimum absolute atomic E-state index is 0.0101. The van der Waals surface area contributed by atoms with Gasteiger partial charge in [0.25, 0.3) is 5.91 Å². The van der Waals surface area contributed by atoms with E-state index in [1.807, 2.05) is 13.8 Å². The van der Waals surface area contributed by atoms with Gasteiger partial charge < -0.3 is 14.6 Å². The number of H-pyrrole nitrogens is 1. The molecule has 2 rings (SSSR count). The molecule has 6 heteroatoms. The molecule has 0 bridgehead atoms. The molecule has 0 aliphatic carbocycles. The van der Waals surface area contributed by atoms with E-state index >= 15 is 0 Å². The second-order valence-electron chi connectivity index (χ2n) is 5.46. The lowest BCUT2D eigenvalue weighted by molar-refractivity contribution is -0.165. The number of aromatic amines is 1. The van der Waals surface area contributed by atoms with Crippen molar-refractivity contribution in [2.24, 2.45) is 0 Å². The fourth-order valence-corrected chi connectivity index (χ4v) is 2.45. The number of imidazole rings is 1. The summed E-state index contributed by atoms with van der Waals surface area (Å²) in [6, 6.07) is 0. The molecule has 1 fully saturated rings. The highest BCUT2D eigenvalue weighted by molar-refractivity contribution is 5.84. The zero-order valence-electron chi connectivity index (χ0n) is 12.1. The Morgan fingerprint density at radius 1 is 1.63 bits per heavy atom. The molecule has 1 saturated heterocycles. The molecular weight excluding hydrogens is 244 g/mol. The van der Waals surface area contributed by atoms with Crippen LogP contribution in [-0.4, -0.2) is 65.1 Å². The highest BCUT2D eigenvalue weighted by atomic mass is 16.5. The van der Waals surface area contributed by atoms with Gasteiger partial charge in [0.1, 0.15) is 0 Å². The van der Waals surface area contributed by atoms with Gasteiger partial charge in [-0.15, -0.1) is 0 Å². The number of hydrogen-bond donors (Lipinski definition) is 1. The van der Waals surface area contributed by atoms with Crippen LogP contribution < -0.4 is 0 Å². The number of nitrogens with zero attached hydrogens (tertiary/aromatic N) is 3. The number of rotatable bonds is 3. The fraction of sp³-hybridized carbons (Fsp3) is 0.692. The zero-order chi connectivity index (χ0) is 14.0. The predicted octanol–water partition coefficient (Wildman–Crippen LogP) is 0.397. The molecule has 1 N–H and O–H groups in total. The Kier molecular flexibility index (Phi) is 3.91. The molecule has 2 heterocycles. The molecule has 1 aliphatic rings. The zero-order valence-corrected chi connectivity index (χ0v) is 12.1. The molecule has 1 atom stereocenters. The van der Waals surface area contributed by atoms with Gasteiger partial charge in [-0.05, 0) is 13.8 Å². The molecule has 0 saturated carbocycles. The SMILES string of the molecule is Cc1[nH]cnc1CN1CCOC(C)(C(=O)N(C)C)C1. The summed E-state index contributed by atoms with van der Waals surface area (Å²) in [5.74, 6) is 0.0101. The van der Waals surface area contributed by atoms with Crippen LogP contribution in [-0.2, 0) is 16.1 Å². The topological polar surface area (TPSA) is 61.5 Å². The Labute approximate surface area is 113 Å². The summed E-state index contributed by atoms with van der Waals surface area (Å²) in [4.78, 5) is 23.4. The molecule has 1 aromatic rings. The largest absolute Gasteiger partial charge is 0.363 e. The van der Waals surface area contributed by atoms with Gasteiger partial charge >= 0.3 is 0 Å². The first kappa shape index (κ1) is 14.0. The maximum absolute atomic E-state index is 12.2. The smallest absolute Gasteiger partial charge is 0.255 e. The first-order chi connectivity index (χ1) is 8.92. The Hall–Kier alpha value is -1.40. The summed E-state index contributed by atoms with van der Waals surface area (Å²) in [5, 5.41) is 0. The number of nitrogens with one attached hydrogen (secondary N) is 1. The van der Waals surface area contributed by atoms with E-state index in [0.717, 1.165) is 24.5 Å². The number of amides is 1. The van der Waals surface area contributed by atoms with E-state index in [9.17, 15) is 4.79 Å². The van der Waals surface area contributed by atoms with Crippen LogP contribution in [0.3, 0.4) is 0 Å². The number of hydrogen-bond acceptors (Lipinski definition) is 4. The van der Waals surface area contributed by atoms with Crippen LogP contribution in [0.5, 0.6) is 0 Å². The molecule has 0 aromatic carbocycles. The number of aryl methyl sites for hydroxylation is 1. The standard InChI is InChI=1S/C13H22N4O2/c1-10-11(15-9-14-10)7-17-5-6-19-13(2,8-17)12(18)16(3)4/h9H,5-8H2,1-4H3,(H,14,15). The number of ether oxygens (including phenoxy) is 1. The van der Waals surface area contributed by atoms with E-state index < -0.39 is 5.60 Å². The van der Waals surface area contributed by atoms with Crippen LogP contribution in [0, 0.1) is 6.92 Å². The molecular formula is C13H22N4O2. The average Bonchev–Trinajstić information content (AvgIpc) is 2.74. The minimum atomic E-state index is -0.758. The van der Waals surface area contributed by atoms with E-state index in [-0.39, 0.29) is 5.91 Å². The van der Waals surface area contributed by atoms with Crippen molar-refractivity contribution in [1.82, 2.24) is 19.8 Å². The van der Waals surface area contributed by atoms with Crippen molar-refractivity contribution in [3.05, 3.63) is 17.7 Å². The lowest BCUT2D eigenvalue weighted by atomic mass is 10.0. The van der Waals surface area contributed by atoms with Crippen molar-refractivity contribution in [2.45, 2.75) is 26.0 Å². The molecule has 1 unspecified atom stereocenters. The number of carbonyl (C=O) groups is 1. The maximum Gasteiger partial charge on any atom is 0.255 e. The van der Waals surface area contributed by atoms with Crippen molar-refractivity contribution in [3.63, 3.8) is 0 Å². The monoisotopic (exact) mass is 266 g/mol. The van der Waals surface area contributed by atoms with Crippen molar-refractivity contribution in [1.29, 1.82) is 0 Å². The van der Waals surface area contributed by atoms with Gasteiger partial charge in [0, 0.05) is 39.4 Å². The van der Waals surface area contributed by atoms with Crippen molar-refractivity contribution in [2.75, 3.05) is 33.8 Å². The molecule has 6 nitrogen and oxygen atoms in total. The van der Waals surface area contributed by atoms with Crippen LogP contribution in [0.4, 0.5) is 0 Å². The van der Waals surface area contributed by atoms with Crippen molar-refractivity contribution in [3.8, 4) is 0 Å². The van der Waals surface area contributed by atoms with E-state index in [0.29, 0.717) is 13.2 Å². The van der Waals surface area contributed by atoms with Crippen LogP contribution in [0.25, 0.3) is 0 Å². The van der Waals surface area contributed by atoms with E-state index in [4.69, 9.17) is 4.74 Å². The fourth-order valence-electron chi connectivity index (χ4n) is 2.45. The minimum Gasteiger partial charge on any atom is -0.363 e. The summed E-state index contributed by atoms with van der Waals surface area (Å²) >= 11 is 0. The summed E-state index contributed by atoms with van der Waals surface area (Å²) < 4.78 is 5.71. The van der Waals surface area contributed by atoms with Gasteiger partial charge in [-0.2, -0.15) is 0 Å². The second-order valence-corrected chi connectivity index (χ2v) is 5.46. The summed E-state index contributed by atoms with van der Waals surface area (Å²) in [6.45, 7) is 6.60. The molecule has 1 aliphatic heterocycles. The summed E-state index contributed by atoms with van der Waals surface area (Å²) in [7, 11) is 3.52. The Balaban J connectivity index is 2.05. The molecule has 1 amide bonds. The van der Waals surface area contributed by atoms with Gasteiger partial charge in [0.05, 0.1) is 18.6 Å². The van der Waals surface area contributed by atoms with Gasteiger partial charge in [-0.25, -0.2) is 4.98 Å². The molecule has 1 aromatic heterocycles. The molecule has 19 heavy (non-hydrogen) atoms. The highest BCUT2D eigenvalue weighted by Crippen LogP contribution is 2.21. The molecule has 0 spiro atoms. The number of aromatic nitrogens is 2.